The van der Waals surface area contributed by atoms with E-state index in [2.05, 4.69) is 9.71 Å². The monoisotopic (exact) mass is 259 g/mol. The van der Waals surface area contributed by atoms with E-state index >= 15 is 0 Å². The summed E-state index contributed by atoms with van der Waals surface area (Å²) >= 11 is 0. The second-order valence-electron chi connectivity index (χ2n) is 3.49. The van der Waals surface area contributed by atoms with Crippen molar-refractivity contribution < 1.29 is 13.2 Å². The summed E-state index contributed by atoms with van der Waals surface area (Å²) < 4.78 is 30.4. The van der Waals surface area contributed by atoms with Gasteiger partial charge in [-0.05, 0) is 24.6 Å². The largest absolute Gasteiger partial charge is 0.481 e. The molecule has 6 nitrogen and oxygen atoms in total. The topological polar surface area (TPSA) is 94.3 Å². The van der Waals surface area contributed by atoms with Crippen LogP contribution >= 0.6 is 0 Å². The minimum absolute atomic E-state index is 0.0473. The van der Waals surface area contributed by atoms with Crippen LogP contribution in [0.1, 0.15) is 12.0 Å². The molecule has 0 fully saturated rings. The minimum atomic E-state index is -3.25. The van der Waals surface area contributed by atoms with Gasteiger partial charge in [-0.3, -0.25) is 0 Å². The summed E-state index contributed by atoms with van der Waals surface area (Å²) in [6.07, 6.45) is 2.03. The molecule has 0 aliphatic carbocycles. The summed E-state index contributed by atoms with van der Waals surface area (Å²) in [5.74, 6) is 0.509. The number of ether oxygens (including phenoxy) is 1. The Bertz CT molecular complexity index is 448. The Kier molecular flexibility index (Phi) is 5.33. The molecule has 0 bridgehead atoms. The van der Waals surface area contributed by atoms with Crippen molar-refractivity contribution in [1.29, 1.82) is 0 Å². The first-order valence-corrected chi connectivity index (χ1v) is 6.89. The van der Waals surface area contributed by atoms with Gasteiger partial charge in [-0.15, -0.1) is 0 Å². The summed E-state index contributed by atoms with van der Waals surface area (Å²) in [6.45, 7) is 0.593. The molecule has 1 heterocycles. The lowest BCUT2D eigenvalue weighted by Crippen LogP contribution is -2.27. The molecule has 0 saturated heterocycles. The SMILES string of the molecule is COc1cc(CNS(=O)(=O)CCCN)ccn1. The fraction of sp³-hybridized carbons (Fsp3) is 0.500. The maximum atomic E-state index is 11.5. The van der Waals surface area contributed by atoms with Crippen molar-refractivity contribution in [2.75, 3.05) is 19.4 Å². The number of methoxy groups -OCH3 is 1. The number of pyridine rings is 1. The van der Waals surface area contributed by atoms with Crippen LogP contribution in [0.2, 0.25) is 0 Å². The van der Waals surface area contributed by atoms with Gasteiger partial charge < -0.3 is 10.5 Å². The molecular formula is C10H17N3O3S. The van der Waals surface area contributed by atoms with E-state index in [0.29, 0.717) is 18.8 Å². The van der Waals surface area contributed by atoms with Gasteiger partial charge in [0.2, 0.25) is 15.9 Å². The van der Waals surface area contributed by atoms with Crippen molar-refractivity contribution in [1.82, 2.24) is 9.71 Å². The van der Waals surface area contributed by atoms with Crippen molar-refractivity contribution in [3.63, 3.8) is 0 Å². The van der Waals surface area contributed by atoms with E-state index in [4.69, 9.17) is 10.5 Å². The molecule has 0 unspecified atom stereocenters. The standard InChI is InChI=1S/C10H17N3O3S/c1-16-10-7-9(3-5-12-10)8-13-17(14,15)6-2-4-11/h3,5,7,13H,2,4,6,8,11H2,1H3. The van der Waals surface area contributed by atoms with Crippen LogP contribution in [0.15, 0.2) is 18.3 Å². The van der Waals surface area contributed by atoms with Crippen LogP contribution in [-0.2, 0) is 16.6 Å². The lowest BCUT2D eigenvalue weighted by atomic mass is 10.3. The predicted octanol–water partition coefficient (Wildman–Crippen LogP) is -0.142. The van der Waals surface area contributed by atoms with Gasteiger partial charge >= 0.3 is 0 Å². The highest BCUT2D eigenvalue weighted by Crippen LogP contribution is 2.08. The molecule has 1 aromatic heterocycles. The van der Waals surface area contributed by atoms with Crippen molar-refractivity contribution in [3.8, 4) is 5.88 Å². The predicted molar refractivity (Wildman–Crippen MR) is 65.1 cm³/mol. The smallest absolute Gasteiger partial charge is 0.213 e. The summed E-state index contributed by atoms with van der Waals surface area (Å²) in [5, 5.41) is 0. The van der Waals surface area contributed by atoms with E-state index in [9.17, 15) is 8.42 Å². The number of nitrogens with one attached hydrogen (secondary N) is 1. The summed E-state index contributed by atoms with van der Waals surface area (Å²) in [7, 11) is -1.74. The van der Waals surface area contributed by atoms with Crippen molar-refractivity contribution in [3.05, 3.63) is 23.9 Å². The van der Waals surface area contributed by atoms with E-state index in [1.165, 1.54) is 7.11 Å². The van der Waals surface area contributed by atoms with Gasteiger partial charge in [0.05, 0.1) is 12.9 Å². The van der Waals surface area contributed by atoms with Crippen LogP contribution in [0, 0.1) is 0 Å². The van der Waals surface area contributed by atoms with Gasteiger partial charge in [0.1, 0.15) is 0 Å². The Morgan fingerprint density at radius 2 is 2.29 bits per heavy atom. The number of nitrogens with two attached hydrogens (primary N) is 1. The zero-order valence-electron chi connectivity index (χ0n) is 9.72. The average molecular weight is 259 g/mol. The first kappa shape index (κ1) is 13.9. The zero-order chi connectivity index (χ0) is 12.7. The quantitative estimate of drug-likeness (QED) is 0.710. The van der Waals surface area contributed by atoms with Crippen LogP contribution in [0.3, 0.4) is 0 Å². The normalized spacial score (nSPS) is 11.4. The Labute approximate surface area is 101 Å². The van der Waals surface area contributed by atoms with Gasteiger partial charge in [-0.2, -0.15) is 0 Å². The number of nitrogens with zero attached hydrogens (tertiary/aromatic N) is 1. The Hall–Kier alpha value is -1.18. The molecule has 0 atom stereocenters. The number of aromatic nitrogens is 1. The zero-order valence-corrected chi connectivity index (χ0v) is 10.5. The van der Waals surface area contributed by atoms with Gasteiger partial charge in [-0.1, -0.05) is 0 Å². The Morgan fingerprint density at radius 3 is 2.94 bits per heavy atom. The molecule has 0 aromatic carbocycles. The third kappa shape index (κ3) is 5.12. The molecule has 0 aliphatic heterocycles. The van der Waals surface area contributed by atoms with Crippen LogP contribution < -0.4 is 15.2 Å². The second-order valence-corrected chi connectivity index (χ2v) is 5.42. The van der Waals surface area contributed by atoms with E-state index < -0.39 is 10.0 Å². The molecular weight excluding hydrogens is 242 g/mol. The Balaban J connectivity index is 2.54. The molecule has 96 valence electrons. The average Bonchev–Trinajstić information content (AvgIpc) is 2.34. The first-order valence-electron chi connectivity index (χ1n) is 5.24. The van der Waals surface area contributed by atoms with Crippen LogP contribution in [0.5, 0.6) is 5.88 Å². The van der Waals surface area contributed by atoms with Crippen molar-refractivity contribution >= 4 is 10.0 Å². The number of hydrogen-bond acceptors (Lipinski definition) is 5. The highest BCUT2D eigenvalue weighted by Gasteiger charge is 2.09. The minimum Gasteiger partial charge on any atom is -0.481 e. The third-order valence-corrected chi connectivity index (χ3v) is 3.53. The molecule has 0 aliphatic rings. The fourth-order valence-corrected chi connectivity index (χ4v) is 2.29. The number of hydrogen-bond donors (Lipinski definition) is 2. The number of rotatable bonds is 7. The first-order chi connectivity index (χ1) is 8.07. The van der Waals surface area contributed by atoms with Gasteiger partial charge in [0.25, 0.3) is 0 Å². The molecule has 1 aromatic rings. The van der Waals surface area contributed by atoms with Crippen LogP contribution in [-0.4, -0.2) is 32.8 Å². The maximum absolute atomic E-state index is 11.5. The van der Waals surface area contributed by atoms with E-state index in [-0.39, 0.29) is 12.3 Å². The molecule has 0 spiro atoms. The van der Waals surface area contributed by atoms with Crippen molar-refractivity contribution in [2.45, 2.75) is 13.0 Å². The van der Waals surface area contributed by atoms with Crippen LogP contribution in [0.25, 0.3) is 0 Å². The van der Waals surface area contributed by atoms with Gasteiger partial charge in [0.15, 0.2) is 0 Å². The molecule has 0 radical (unpaired) electrons. The van der Waals surface area contributed by atoms with E-state index in [1.54, 1.807) is 18.3 Å². The van der Waals surface area contributed by atoms with Gasteiger partial charge in [0, 0.05) is 18.8 Å². The Morgan fingerprint density at radius 1 is 1.53 bits per heavy atom. The second kappa shape index (κ2) is 6.53. The van der Waals surface area contributed by atoms with Gasteiger partial charge in [-0.25, -0.2) is 18.1 Å². The summed E-state index contributed by atoms with van der Waals surface area (Å²) in [6, 6.07) is 3.42. The molecule has 0 saturated carbocycles. The maximum Gasteiger partial charge on any atom is 0.213 e. The summed E-state index contributed by atoms with van der Waals surface area (Å²) in [4.78, 5) is 3.94. The summed E-state index contributed by atoms with van der Waals surface area (Å²) in [5.41, 5.74) is 6.06. The number of sulfonamides is 1. The van der Waals surface area contributed by atoms with E-state index in [0.717, 1.165) is 5.56 Å². The van der Waals surface area contributed by atoms with Crippen LogP contribution in [0.4, 0.5) is 0 Å². The molecule has 1 rings (SSSR count). The molecule has 0 amide bonds. The third-order valence-electron chi connectivity index (χ3n) is 2.12. The van der Waals surface area contributed by atoms with E-state index in [1.807, 2.05) is 0 Å². The van der Waals surface area contributed by atoms with Crippen molar-refractivity contribution in [2.24, 2.45) is 5.73 Å². The molecule has 7 heteroatoms. The highest BCUT2D eigenvalue weighted by atomic mass is 32.2. The lowest BCUT2D eigenvalue weighted by Gasteiger charge is -2.06. The lowest BCUT2D eigenvalue weighted by molar-refractivity contribution is 0.397. The highest BCUT2D eigenvalue weighted by molar-refractivity contribution is 7.89. The fourth-order valence-electron chi connectivity index (χ4n) is 1.21. The molecule has 17 heavy (non-hydrogen) atoms. The molecule has 3 N–H and O–H groups in total.